The number of nitrogens with one attached hydrogen (secondary N) is 1. The summed E-state index contributed by atoms with van der Waals surface area (Å²) in [5.74, 6) is 2.38. The van der Waals surface area contributed by atoms with Gasteiger partial charge in [-0.2, -0.15) is 0 Å². The highest BCUT2D eigenvalue weighted by molar-refractivity contribution is 5.79. The lowest BCUT2D eigenvalue weighted by molar-refractivity contribution is -0.126. The number of hydrogen-bond donors (Lipinski definition) is 1. The Bertz CT molecular complexity index is 270. The lowest BCUT2D eigenvalue weighted by atomic mass is 9.91. The normalized spacial score (nSPS) is 38.9. The van der Waals surface area contributed by atoms with Gasteiger partial charge in [-0.25, -0.2) is 0 Å². The average Bonchev–Trinajstić information content (AvgIpc) is 2.92. The first-order valence-electron chi connectivity index (χ1n) is 7.15. The molecule has 2 heteroatoms. The van der Waals surface area contributed by atoms with Crippen LogP contribution in [0.1, 0.15) is 57.8 Å². The van der Waals surface area contributed by atoms with Gasteiger partial charge >= 0.3 is 0 Å². The summed E-state index contributed by atoms with van der Waals surface area (Å²) in [6, 6.07) is 0.507. The second-order valence-corrected chi connectivity index (χ2v) is 6.03. The molecule has 0 spiro atoms. The number of carbonyl (C=O) groups excluding carboxylic acids is 1. The molecule has 3 aliphatic rings. The third-order valence-electron chi connectivity index (χ3n) is 5.12. The molecular weight excluding hydrogens is 198 g/mol. The molecule has 0 aromatic carbocycles. The first kappa shape index (κ1) is 10.6. The largest absolute Gasteiger partial charge is 0.353 e. The zero-order valence-electron chi connectivity index (χ0n) is 10.1. The summed E-state index contributed by atoms with van der Waals surface area (Å²) >= 11 is 0. The molecule has 0 unspecified atom stereocenters. The highest BCUT2D eigenvalue weighted by Gasteiger charge is 2.42. The summed E-state index contributed by atoms with van der Waals surface area (Å²) in [5.41, 5.74) is 0. The molecule has 90 valence electrons. The van der Waals surface area contributed by atoms with E-state index in [0.717, 1.165) is 18.3 Å². The van der Waals surface area contributed by atoms with E-state index in [2.05, 4.69) is 5.32 Å². The van der Waals surface area contributed by atoms with Gasteiger partial charge in [0.05, 0.1) is 0 Å². The van der Waals surface area contributed by atoms with Gasteiger partial charge in [-0.05, 0) is 43.9 Å². The number of rotatable bonds is 2. The Morgan fingerprint density at radius 1 is 0.875 bits per heavy atom. The van der Waals surface area contributed by atoms with Crippen molar-refractivity contribution in [2.75, 3.05) is 0 Å². The molecule has 2 nitrogen and oxygen atoms in total. The standard InChI is InChI=1S/C14H23NO/c16-14(15-11-5-1-2-6-11)13-9-8-10-4-3-7-12(10)13/h10-13H,1-9H2,(H,15,16)/t10-,12-,13-/m0/s1. The third kappa shape index (κ3) is 1.87. The van der Waals surface area contributed by atoms with Crippen LogP contribution in [-0.2, 0) is 4.79 Å². The van der Waals surface area contributed by atoms with Crippen LogP contribution in [0.25, 0.3) is 0 Å². The minimum absolute atomic E-state index is 0.369. The van der Waals surface area contributed by atoms with Gasteiger partial charge in [-0.3, -0.25) is 4.79 Å². The molecule has 1 N–H and O–H groups in total. The summed E-state index contributed by atoms with van der Waals surface area (Å²) in [6.07, 6.45) is 11.6. The van der Waals surface area contributed by atoms with E-state index in [4.69, 9.17) is 0 Å². The van der Waals surface area contributed by atoms with E-state index in [-0.39, 0.29) is 0 Å². The Morgan fingerprint density at radius 2 is 1.69 bits per heavy atom. The summed E-state index contributed by atoms with van der Waals surface area (Å²) in [5, 5.41) is 3.29. The van der Waals surface area contributed by atoms with Crippen LogP contribution >= 0.6 is 0 Å². The number of hydrogen-bond acceptors (Lipinski definition) is 1. The van der Waals surface area contributed by atoms with Gasteiger partial charge in [-0.15, -0.1) is 0 Å². The van der Waals surface area contributed by atoms with E-state index in [1.807, 2.05) is 0 Å². The Hall–Kier alpha value is -0.530. The lowest BCUT2D eigenvalue weighted by Crippen LogP contribution is -2.38. The minimum Gasteiger partial charge on any atom is -0.353 e. The maximum Gasteiger partial charge on any atom is 0.223 e. The maximum absolute atomic E-state index is 12.2. The monoisotopic (exact) mass is 221 g/mol. The van der Waals surface area contributed by atoms with Gasteiger partial charge in [0.15, 0.2) is 0 Å². The van der Waals surface area contributed by atoms with E-state index < -0.39 is 0 Å². The second-order valence-electron chi connectivity index (χ2n) is 6.03. The molecule has 0 aliphatic heterocycles. The first-order valence-corrected chi connectivity index (χ1v) is 7.15. The molecule has 0 saturated heterocycles. The summed E-state index contributed by atoms with van der Waals surface area (Å²) < 4.78 is 0. The molecule has 3 saturated carbocycles. The van der Waals surface area contributed by atoms with Crippen LogP contribution in [0.4, 0.5) is 0 Å². The number of carbonyl (C=O) groups is 1. The van der Waals surface area contributed by atoms with Crippen molar-refractivity contribution in [3.8, 4) is 0 Å². The third-order valence-corrected chi connectivity index (χ3v) is 5.12. The molecule has 3 fully saturated rings. The zero-order chi connectivity index (χ0) is 11.0. The lowest BCUT2D eigenvalue weighted by Gasteiger charge is -2.20. The predicted octanol–water partition coefficient (Wildman–Crippen LogP) is 2.87. The zero-order valence-corrected chi connectivity index (χ0v) is 10.1. The quantitative estimate of drug-likeness (QED) is 0.763. The van der Waals surface area contributed by atoms with Crippen molar-refractivity contribution in [2.24, 2.45) is 17.8 Å². The predicted molar refractivity (Wildman–Crippen MR) is 64.0 cm³/mol. The molecule has 0 bridgehead atoms. The van der Waals surface area contributed by atoms with Crippen molar-refractivity contribution in [3.63, 3.8) is 0 Å². The number of amides is 1. The van der Waals surface area contributed by atoms with Crippen LogP contribution in [-0.4, -0.2) is 11.9 Å². The molecule has 1 amide bonds. The highest BCUT2D eigenvalue weighted by atomic mass is 16.2. The van der Waals surface area contributed by atoms with Gasteiger partial charge in [0.25, 0.3) is 0 Å². The van der Waals surface area contributed by atoms with Gasteiger partial charge in [-0.1, -0.05) is 25.7 Å². The Kier molecular flexibility index (Phi) is 2.91. The van der Waals surface area contributed by atoms with Crippen molar-refractivity contribution < 1.29 is 4.79 Å². The fourth-order valence-corrected chi connectivity index (χ4v) is 4.27. The van der Waals surface area contributed by atoms with E-state index >= 15 is 0 Å². The van der Waals surface area contributed by atoms with Gasteiger partial charge in [0, 0.05) is 12.0 Å². The van der Waals surface area contributed by atoms with Gasteiger partial charge in [0.2, 0.25) is 5.91 Å². The van der Waals surface area contributed by atoms with Gasteiger partial charge < -0.3 is 5.32 Å². The van der Waals surface area contributed by atoms with Crippen molar-refractivity contribution in [2.45, 2.75) is 63.8 Å². The smallest absolute Gasteiger partial charge is 0.223 e. The van der Waals surface area contributed by atoms with Gasteiger partial charge in [0.1, 0.15) is 0 Å². The topological polar surface area (TPSA) is 29.1 Å². The molecular formula is C14H23NO. The van der Waals surface area contributed by atoms with Crippen LogP contribution in [0.5, 0.6) is 0 Å². The molecule has 0 radical (unpaired) electrons. The van der Waals surface area contributed by atoms with E-state index in [1.165, 1.54) is 51.4 Å². The van der Waals surface area contributed by atoms with Crippen LogP contribution in [0.2, 0.25) is 0 Å². The van der Waals surface area contributed by atoms with E-state index in [1.54, 1.807) is 0 Å². The van der Waals surface area contributed by atoms with Crippen LogP contribution < -0.4 is 5.32 Å². The fraction of sp³-hybridized carbons (Fsp3) is 0.929. The maximum atomic E-state index is 12.2. The molecule has 16 heavy (non-hydrogen) atoms. The SMILES string of the molecule is O=C(NC1CCCC1)[C@H]1CC[C@@H]2CCC[C@@H]21. The van der Waals surface area contributed by atoms with Crippen LogP contribution in [0.3, 0.4) is 0 Å². The van der Waals surface area contributed by atoms with Crippen molar-refractivity contribution in [1.29, 1.82) is 0 Å². The van der Waals surface area contributed by atoms with Crippen molar-refractivity contribution >= 4 is 5.91 Å². The van der Waals surface area contributed by atoms with E-state index in [0.29, 0.717) is 17.9 Å². The highest BCUT2D eigenvalue weighted by Crippen LogP contribution is 2.47. The van der Waals surface area contributed by atoms with Crippen LogP contribution in [0, 0.1) is 17.8 Å². The average molecular weight is 221 g/mol. The van der Waals surface area contributed by atoms with Crippen LogP contribution in [0.15, 0.2) is 0 Å². The Balaban J connectivity index is 1.57. The Labute approximate surface area is 98.2 Å². The minimum atomic E-state index is 0.369. The Morgan fingerprint density at radius 3 is 2.50 bits per heavy atom. The summed E-state index contributed by atoms with van der Waals surface area (Å²) in [6.45, 7) is 0. The molecule has 3 rings (SSSR count). The summed E-state index contributed by atoms with van der Waals surface area (Å²) in [7, 11) is 0. The van der Waals surface area contributed by atoms with Crippen molar-refractivity contribution in [3.05, 3.63) is 0 Å². The molecule has 3 atom stereocenters. The van der Waals surface area contributed by atoms with E-state index in [9.17, 15) is 4.79 Å². The summed E-state index contributed by atoms with van der Waals surface area (Å²) in [4.78, 5) is 12.2. The van der Waals surface area contributed by atoms with Crippen molar-refractivity contribution in [1.82, 2.24) is 5.32 Å². The molecule has 0 aromatic heterocycles. The molecule has 0 heterocycles. The fourth-order valence-electron chi connectivity index (χ4n) is 4.27. The molecule has 3 aliphatic carbocycles. The first-order chi connectivity index (χ1) is 7.84. The molecule has 0 aromatic rings. The second kappa shape index (κ2) is 4.38. The number of fused-ring (bicyclic) bond motifs is 1.